The molecule has 0 aromatic heterocycles. The second kappa shape index (κ2) is 1.74. The summed E-state index contributed by atoms with van der Waals surface area (Å²) >= 11 is 0. The Morgan fingerprint density at radius 1 is 1.40 bits per heavy atom. The molecule has 0 spiro atoms. The summed E-state index contributed by atoms with van der Waals surface area (Å²) in [7, 11) is 0. The Hall–Kier alpha value is -0.530. The summed E-state index contributed by atoms with van der Waals surface area (Å²) in [5.74, 6) is 1.93. The van der Waals surface area contributed by atoms with E-state index in [0.29, 0.717) is 23.8 Å². The Balaban J connectivity index is 2.24. The van der Waals surface area contributed by atoms with Crippen molar-refractivity contribution in [2.45, 2.75) is 26.3 Å². The van der Waals surface area contributed by atoms with Crippen molar-refractivity contribution >= 4 is 5.91 Å². The highest BCUT2D eigenvalue weighted by Crippen LogP contribution is 2.41. The summed E-state index contributed by atoms with van der Waals surface area (Å²) in [5, 5.41) is 2.99. The lowest BCUT2D eigenvalue weighted by Gasteiger charge is -2.24. The lowest BCUT2D eigenvalue weighted by atomic mass is 9.89. The van der Waals surface area contributed by atoms with Crippen molar-refractivity contribution in [2.75, 3.05) is 0 Å². The third-order valence-corrected chi connectivity index (χ3v) is 3.27. The van der Waals surface area contributed by atoms with Gasteiger partial charge in [-0.25, -0.2) is 0 Å². The van der Waals surface area contributed by atoms with Crippen LogP contribution in [0.15, 0.2) is 0 Å². The largest absolute Gasteiger partial charge is 0.353 e. The first-order valence-electron chi connectivity index (χ1n) is 4.00. The molecule has 1 saturated carbocycles. The molecule has 1 saturated heterocycles. The van der Waals surface area contributed by atoms with E-state index in [1.807, 2.05) is 0 Å². The maximum Gasteiger partial charge on any atom is 0.223 e. The topological polar surface area (TPSA) is 29.1 Å². The molecule has 4 atom stereocenters. The van der Waals surface area contributed by atoms with Crippen LogP contribution >= 0.6 is 0 Å². The van der Waals surface area contributed by atoms with Gasteiger partial charge in [-0.1, -0.05) is 13.8 Å². The molecule has 0 aromatic carbocycles. The van der Waals surface area contributed by atoms with E-state index >= 15 is 0 Å². The van der Waals surface area contributed by atoms with Crippen LogP contribution in [0.1, 0.15) is 20.3 Å². The fourth-order valence-electron chi connectivity index (χ4n) is 2.26. The molecule has 1 aliphatic heterocycles. The molecule has 2 aliphatic rings. The summed E-state index contributed by atoms with van der Waals surface area (Å²) in [6, 6.07) is 0.493. The molecule has 1 aliphatic carbocycles. The molecule has 1 heterocycles. The number of piperidine rings is 1. The van der Waals surface area contributed by atoms with Crippen molar-refractivity contribution < 1.29 is 4.79 Å². The normalized spacial score (nSPS) is 51.6. The van der Waals surface area contributed by atoms with Crippen molar-refractivity contribution in [1.29, 1.82) is 0 Å². The summed E-state index contributed by atoms with van der Waals surface area (Å²) in [6.45, 7) is 4.42. The molecule has 1 N–H and O–H groups in total. The molecule has 2 bridgehead atoms. The van der Waals surface area contributed by atoms with Gasteiger partial charge in [0.05, 0.1) is 0 Å². The van der Waals surface area contributed by atoms with Crippen molar-refractivity contribution in [1.82, 2.24) is 5.32 Å². The van der Waals surface area contributed by atoms with Crippen molar-refractivity contribution in [3.05, 3.63) is 0 Å². The summed E-state index contributed by atoms with van der Waals surface area (Å²) in [4.78, 5) is 11.1. The van der Waals surface area contributed by atoms with E-state index in [1.54, 1.807) is 0 Å². The Morgan fingerprint density at radius 2 is 2.10 bits per heavy atom. The second-order valence-electron chi connectivity index (χ2n) is 3.68. The van der Waals surface area contributed by atoms with Gasteiger partial charge in [0.15, 0.2) is 0 Å². The van der Waals surface area contributed by atoms with Crippen molar-refractivity contribution in [2.24, 2.45) is 17.8 Å². The Morgan fingerprint density at radius 3 is 2.50 bits per heavy atom. The Bertz CT molecular complexity index is 176. The maximum absolute atomic E-state index is 11.1. The van der Waals surface area contributed by atoms with E-state index in [9.17, 15) is 4.79 Å². The minimum atomic E-state index is 0.288. The molecule has 56 valence electrons. The molecule has 0 aromatic rings. The van der Waals surface area contributed by atoms with Gasteiger partial charge in [0.1, 0.15) is 0 Å². The van der Waals surface area contributed by atoms with E-state index < -0.39 is 0 Å². The van der Waals surface area contributed by atoms with Crippen molar-refractivity contribution in [3.8, 4) is 0 Å². The standard InChI is InChI=1S/C8H13NO/c1-4-5(2)7-3-6(4)8(10)9-7/h4-7H,3H2,1-2H3,(H,9,10)/t4-,5?,6+,7-/m0/s1. The predicted molar refractivity (Wildman–Crippen MR) is 38.4 cm³/mol. The van der Waals surface area contributed by atoms with Crippen LogP contribution in [0.5, 0.6) is 0 Å². The first kappa shape index (κ1) is 6.20. The smallest absolute Gasteiger partial charge is 0.223 e. The van der Waals surface area contributed by atoms with Gasteiger partial charge in [-0.05, 0) is 18.3 Å². The van der Waals surface area contributed by atoms with E-state index in [0.717, 1.165) is 6.42 Å². The zero-order valence-electron chi connectivity index (χ0n) is 6.42. The number of fused-ring (bicyclic) bond motifs is 2. The molecule has 2 heteroatoms. The van der Waals surface area contributed by atoms with Gasteiger partial charge in [-0.2, -0.15) is 0 Å². The second-order valence-corrected chi connectivity index (χ2v) is 3.68. The zero-order chi connectivity index (χ0) is 7.30. The fraction of sp³-hybridized carbons (Fsp3) is 0.875. The minimum Gasteiger partial charge on any atom is -0.353 e. The van der Waals surface area contributed by atoms with Gasteiger partial charge in [0, 0.05) is 12.0 Å². The van der Waals surface area contributed by atoms with Crippen molar-refractivity contribution in [3.63, 3.8) is 0 Å². The van der Waals surface area contributed by atoms with Crippen LogP contribution in [0.25, 0.3) is 0 Å². The molecule has 2 rings (SSSR count). The number of amides is 1. The third kappa shape index (κ3) is 0.568. The van der Waals surface area contributed by atoms with Crippen LogP contribution in [0.3, 0.4) is 0 Å². The van der Waals surface area contributed by atoms with Gasteiger partial charge in [-0.15, -0.1) is 0 Å². The van der Waals surface area contributed by atoms with Crippen LogP contribution in [-0.2, 0) is 4.79 Å². The highest BCUT2D eigenvalue weighted by Gasteiger charge is 2.47. The monoisotopic (exact) mass is 139 g/mol. The molecule has 2 nitrogen and oxygen atoms in total. The average Bonchev–Trinajstić information content (AvgIpc) is 2.36. The molecule has 0 radical (unpaired) electrons. The minimum absolute atomic E-state index is 0.288. The number of nitrogens with one attached hydrogen (secondary N) is 1. The molecule has 1 unspecified atom stereocenters. The Kier molecular flexibility index (Phi) is 1.08. The maximum atomic E-state index is 11.1. The first-order valence-corrected chi connectivity index (χ1v) is 4.00. The summed E-state index contributed by atoms with van der Waals surface area (Å²) < 4.78 is 0. The number of carbonyl (C=O) groups excluding carboxylic acids is 1. The van der Waals surface area contributed by atoms with E-state index in [2.05, 4.69) is 19.2 Å². The van der Waals surface area contributed by atoms with Crippen LogP contribution in [-0.4, -0.2) is 11.9 Å². The number of carbonyl (C=O) groups is 1. The predicted octanol–water partition coefficient (Wildman–Crippen LogP) is 0.777. The molecule has 10 heavy (non-hydrogen) atoms. The molecule has 2 fully saturated rings. The van der Waals surface area contributed by atoms with Crippen LogP contribution in [0.2, 0.25) is 0 Å². The van der Waals surface area contributed by atoms with Gasteiger partial charge < -0.3 is 5.32 Å². The SMILES string of the molecule is CC1[C@@H]2C[C@@H](C(=O)N2)[C@H]1C. The van der Waals surface area contributed by atoms with Crippen LogP contribution in [0.4, 0.5) is 0 Å². The molecular weight excluding hydrogens is 126 g/mol. The van der Waals surface area contributed by atoms with Gasteiger partial charge in [0.2, 0.25) is 5.91 Å². The first-order chi connectivity index (χ1) is 4.70. The van der Waals surface area contributed by atoms with E-state index in [1.165, 1.54) is 0 Å². The lowest BCUT2D eigenvalue weighted by Crippen LogP contribution is -2.40. The highest BCUT2D eigenvalue weighted by atomic mass is 16.2. The molecular formula is C8H13NO. The lowest BCUT2D eigenvalue weighted by molar-refractivity contribution is -0.125. The highest BCUT2D eigenvalue weighted by molar-refractivity contribution is 5.82. The number of hydrogen-bond donors (Lipinski definition) is 1. The van der Waals surface area contributed by atoms with Crippen LogP contribution < -0.4 is 5.32 Å². The van der Waals surface area contributed by atoms with E-state index in [-0.39, 0.29) is 5.91 Å². The number of hydrogen-bond acceptors (Lipinski definition) is 1. The summed E-state index contributed by atoms with van der Waals surface area (Å²) in [6.07, 6.45) is 1.08. The van der Waals surface area contributed by atoms with Crippen LogP contribution in [0, 0.1) is 17.8 Å². The van der Waals surface area contributed by atoms with Gasteiger partial charge in [0.25, 0.3) is 0 Å². The summed E-state index contributed by atoms with van der Waals surface area (Å²) in [5.41, 5.74) is 0. The van der Waals surface area contributed by atoms with E-state index in [4.69, 9.17) is 0 Å². The zero-order valence-corrected chi connectivity index (χ0v) is 6.42. The number of rotatable bonds is 0. The van der Waals surface area contributed by atoms with Gasteiger partial charge in [-0.3, -0.25) is 4.79 Å². The third-order valence-electron chi connectivity index (χ3n) is 3.27. The van der Waals surface area contributed by atoms with Gasteiger partial charge >= 0.3 is 0 Å². The Labute approximate surface area is 61.0 Å². The fourth-order valence-corrected chi connectivity index (χ4v) is 2.26. The average molecular weight is 139 g/mol. The molecule has 1 amide bonds. The quantitative estimate of drug-likeness (QED) is 0.528.